The second-order valence-corrected chi connectivity index (χ2v) is 5.21. The normalized spacial score (nSPS) is 21.5. The molecule has 15 heavy (non-hydrogen) atoms. The number of rotatable bonds is 1. The molecule has 0 spiro atoms. The Hall–Kier alpha value is -0.910. The average Bonchev–Trinajstić information content (AvgIpc) is 2.47. The standard InChI is InChI=1S/C9H14NO4S/c1-9(2,3)14-8(13)10-4-5-15-6(10)7(11)12/h4,6H,5H2,1-3H3,(H,11,12). The summed E-state index contributed by atoms with van der Waals surface area (Å²) in [7, 11) is 0. The lowest BCUT2D eigenvalue weighted by Gasteiger charge is -2.25. The Morgan fingerprint density at radius 3 is 2.60 bits per heavy atom. The third-order valence-corrected chi connectivity index (χ3v) is 2.68. The molecule has 1 aliphatic heterocycles. The molecule has 1 unspecified atom stereocenters. The summed E-state index contributed by atoms with van der Waals surface area (Å²) < 4.78 is 5.08. The molecular formula is C9H14NO4S. The molecule has 0 aromatic rings. The Labute approximate surface area is 92.8 Å². The van der Waals surface area contributed by atoms with E-state index in [-0.39, 0.29) is 0 Å². The zero-order valence-electron chi connectivity index (χ0n) is 8.89. The molecule has 1 amide bonds. The largest absolute Gasteiger partial charge is 0.479 e. The number of carboxylic acid groups (broad SMARTS) is 1. The SMILES string of the molecule is CC(C)(C)OC(=O)N1[CH]CSC1C(=O)O. The number of hydrogen-bond donors (Lipinski definition) is 1. The Morgan fingerprint density at radius 1 is 1.53 bits per heavy atom. The van der Waals surface area contributed by atoms with Gasteiger partial charge in [0.25, 0.3) is 0 Å². The number of amides is 1. The predicted molar refractivity (Wildman–Crippen MR) is 56.3 cm³/mol. The molecule has 1 aliphatic rings. The average molecular weight is 232 g/mol. The van der Waals surface area contributed by atoms with Crippen LogP contribution in [0.15, 0.2) is 0 Å². The van der Waals surface area contributed by atoms with Gasteiger partial charge in [-0.3, -0.25) is 4.90 Å². The Balaban J connectivity index is 2.63. The van der Waals surface area contributed by atoms with Crippen molar-refractivity contribution in [1.29, 1.82) is 0 Å². The Bertz CT molecular complexity index is 274. The van der Waals surface area contributed by atoms with E-state index in [1.807, 2.05) is 0 Å². The maximum absolute atomic E-state index is 11.6. The highest BCUT2D eigenvalue weighted by Gasteiger charge is 2.37. The molecule has 1 N–H and O–H groups in total. The van der Waals surface area contributed by atoms with Gasteiger partial charge in [-0.1, -0.05) is 0 Å². The molecule has 0 aromatic heterocycles. The monoisotopic (exact) mass is 232 g/mol. The first-order valence-electron chi connectivity index (χ1n) is 4.50. The smallest absolute Gasteiger partial charge is 0.412 e. The van der Waals surface area contributed by atoms with Gasteiger partial charge in [0, 0.05) is 5.75 Å². The van der Waals surface area contributed by atoms with Gasteiger partial charge in [0.2, 0.25) is 0 Å². The van der Waals surface area contributed by atoms with Gasteiger partial charge in [0.05, 0.1) is 6.54 Å². The summed E-state index contributed by atoms with van der Waals surface area (Å²) in [6.45, 7) is 6.76. The maximum Gasteiger partial charge on any atom is 0.412 e. The molecule has 1 rings (SSSR count). The molecule has 1 heterocycles. The number of thioether (sulfide) groups is 1. The fraction of sp³-hybridized carbons (Fsp3) is 0.667. The van der Waals surface area contributed by atoms with Gasteiger partial charge in [-0.2, -0.15) is 0 Å². The van der Waals surface area contributed by atoms with Crippen LogP contribution in [0.5, 0.6) is 0 Å². The third-order valence-electron chi connectivity index (χ3n) is 1.59. The van der Waals surface area contributed by atoms with Crippen LogP contribution in [-0.4, -0.2) is 38.8 Å². The van der Waals surface area contributed by atoms with Crippen molar-refractivity contribution < 1.29 is 19.4 Å². The van der Waals surface area contributed by atoms with Gasteiger partial charge in [-0.25, -0.2) is 9.59 Å². The predicted octanol–water partition coefficient (Wildman–Crippen LogP) is 1.54. The minimum Gasteiger partial charge on any atom is -0.479 e. The minimum absolute atomic E-state index is 0.510. The number of carbonyl (C=O) groups excluding carboxylic acids is 1. The van der Waals surface area contributed by atoms with Gasteiger partial charge in [0.1, 0.15) is 5.60 Å². The van der Waals surface area contributed by atoms with E-state index in [0.717, 1.165) is 4.90 Å². The number of carbonyl (C=O) groups is 2. The van der Waals surface area contributed by atoms with Crippen molar-refractivity contribution in [1.82, 2.24) is 4.90 Å². The van der Waals surface area contributed by atoms with Gasteiger partial charge >= 0.3 is 12.1 Å². The van der Waals surface area contributed by atoms with E-state index in [1.54, 1.807) is 20.8 Å². The van der Waals surface area contributed by atoms with Gasteiger partial charge in [-0.05, 0) is 20.8 Å². The van der Waals surface area contributed by atoms with E-state index in [4.69, 9.17) is 9.84 Å². The highest BCUT2D eigenvalue weighted by molar-refractivity contribution is 8.00. The first kappa shape index (κ1) is 12.2. The van der Waals surface area contributed by atoms with E-state index in [2.05, 4.69) is 0 Å². The van der Waals surface area contributed by atoms with E-state index in [1.165, 1.54) is 18.3 Å². The fourth-order valence-electron chi connectivity index (χ4n) is 1.07. The lowest BCUT2D eigenvalue weighted by molar-refractivity contribution is -0.139. The molecular weight excluding hydrogens is 218 g/mol. The molecule has 1 fully saturated rings. The molecule has 0 aromatic carbocycles. The van der Waals surface area contributed by atoms with Crippen LogP contribution >= 0.6 is 11.8 Å². The van der Waals surface area contributed by atoms with Crippen molar-refractivity contribution >= 4 is 23.8 Å². The quantitative estimate of drug-likeness (QED) is 0.742. The lowest BCUT2D eigenvalue weighted by atomic mass is 10.2. The number of nitrogens with zero attached hydrogens (tertiary/aromatic N) is 1. The summed E-state index contributed by atoms with van der Waals surface area (Å²) in [6, 6.07) is 0. The van der Waals surface area contributed by atoms with Crippen molar-refractivity contribution in [3.8, 4) is 0 Å². The van der Waals surface area contributed by atoms with Crippen LogP contribution in [-0.2, 0) is 9.53 Å². The summed E-state index contributed by atoms with van der Waals surface area (Å²) in [5.41, 5.74) is -0.610. The Morgan fingerprint density at radius 2 is 2.13 bits per heavy atom. The van der Waals surface area contributed by atoms with Crippen molar-refractivity contribution in [3.63, 3.8) is 0 Å². The number of ether oxygens (including phenoxy) is 1. The third kappa shape index (κ3) is 3.30. The van der Waals surface area contributed by atoms with Crippen LogP contribution < -0.4 is 0 Å². The van der Waals surface area contributed by atoms with Crippen LogP contribution in [0.25, 0.3) is 0 Å². The maximum atomic E-state index is 11.6. The van der Waals surface area contributed by atoms with Crippen LogP contribution in [0.4, 0.5) is 4.79 Å². The highest BCUT2D eigenvalue weighted by Crippen LogP contribution is 2.28. The summed E-state index contributed by atoms with van der Waals surface area (Å²) in [6.07, 6.45) is -0.611. The van der Waals surface area contributed by atoms with Crippen LogP contribution in [0.3, 0.4) is 0 Å². The van der Waals surface area contributed by atoms with E-state index < -0.39 is 23.0 Å². The van der Waals surface area contributed by atoms with Gasteiger partial charge in [-0.15, -0.1) is 11.8 Å². The lowest BCUT2D eigenvalue weighted by Crippen LogP contribution is -2.40. The number of carboxylic acids is 1. The summed E-state index contributed by atoms with van der Waals surface area (Å²) >= 11 is 1.18. The minimum atomic E-state index is -1.03. The van der Waals surface area contributed by atoms with Crippen molar-refractivity contribution in [2.24, 2.45) is 0 Å². The van der Waals surface area contributed by atoms with Crippen molar-refractivity contribution in [3.05, 3.63) is 6.54 Å². The zero-order valence-corrected chi connectivity index (χ0v) is 9.71. The zero-order chi connectivity index (χ0) is 11.6. The van der Waals surface area contributed by atoms with Crippen LogP contribution in [0.2, 0.25) is 0 Å². The molecule has 0 aliphatic carbocycles. The van der Waals surface area contributed by atoms with Crippen molar-refractivity contribution in [2.45, 2.75) is 31.7 Å². The van der Waals surface area contributed by atoms with Gasteiger partial charge in [0.15, 0.2) is 5.37 Å². The van der Waals surface area contributed by atoms with Crippen LogP contribution in [0.1, 0.15) is 20.8 Å². The van der Waals surface area contributed by atoms with Crippen LogP contribution in [0, 0.1) is 6.54 Å². The summed E-state index contributed by atoms with van der Waals surface area (Å²) in [5.74, 6) is -0.518. The highest BCUT2D eigenvalue weighted by atomic mass is 32.2. The van der Waals surface area contributed by atoms with E-state index >= 15 is 0 Å². The molecule has 1 atom stereocenters. The molecule has 1 radical (unpaired) electrons. The molecule has 85 valence electrons. The first-order valence-corrected chi connectivity index (χ1v) is 5.55. The molecule has 5 nitrogen and oxygen atoms in total. The molecule has 0 saturated carbocycles. The first-order chi connectivity index (χ1) is 6.81. The second kappa shape index (κ2) is 4.30. The number of aliphatic carboxylic acids is 1. The second-order valence-electron chi connectivity index (χ2n) is 4.09. The Kier molecular flexibility index (Phi) is 3.49. The summed E-state index contributed by atoms with van der Waals surface area (Å²) in [4.78, 5) is 23.5. The fourth-order valence-corrected chi connectivity index (χ4v) is 1.97. The van der Waals surface area contributed by atoms with Gasteiger partial charge < -0.3 is 9.84 Å². The topological polar surface area (TPSA) is 66.8 Å². The van der Waals surface area contributed by atoms with E-state index in [0.29, 0.717) is 5.75 Å². The summed E-state index contributed by atoms with van der Waals surface area (Å²) in [5, 5.41) is 7.98. The number of hydrogen-bond acceptors (Lipinski definition) is 4. The van der Waals surface area contributed by atoms with E-state index in [9.17, 15) is 9.59 Å². The molecule has 6 heteroatoms. The molecule has 0 bridgehead atoms. The van der Waals surface area contributed by atoms with Crippen molar-refractivity contribution in [2.75, 3.05) is 5.75 Å². The molecule has 1 saturated heterocycles.